The van der Waals surface area contributed by atoms with E-state index in [4.69, 9.17) is 4.74 Å². The van der Waals surface area contributed by atoms with Crippen LogP contribution >= 0.6 is 11.3 Å². The maximum absolute atomic E-state index is 6.46. The van der Waals surface area contributed by atoms with Crippen molar-refractivity contribution >= 4 is 11.3 Å². The zero-order valence-electron chi connectivity index (χ0n) is 10.0. The molecule has 1 aromatic rings. The first kappa shape index (κ1) is 10.8. The van der Waals surface area contributed by atoms with Crippen LogP contribution in [0.4, 0.5) is 0 Å². The van der Waals surface area contributed by atoms with Crippen molar-refractivity contribution in [2.75, 3.05) is 13.1 Å². The van der Waals surface area contributed by atoms with Crippen molar-refractivity contribution in [1.82, 2.24) is 5.32 Å². The molecule has 3 heterocycles. The van der Waals surface area contributed by atoms with Gasteiger partial charge in [-0.2, -0.15) is 0 Å². The molecule has 0 unspecified atom stereocenters. The molecular formula is C13H19NOS. The summed E-state index contributed by atoms with van der Waals surface area (Å²) < 4.78 is 6.46. The lowest BCUT2D eigenvalue weighted by Crippen LogP contribution is -2.50. The van der Waals surface area contributed by atoms with Crippen LogP contribution in [0.2, 0.25) is 0 Å². The van der Waals surface area contributed by atoms with Crippen LogP contribution in [0.25, 0.3) is 0 Å². The van der Waals surface area contributed by atoms with Gasteiger partial charge in [-0.1, -0.05) is 0 Å². The lowest BCUT2D eigenvalue weighted by Gasteiger charge is -2.47. The molecule has 3 heteroatoms. The maximum Gasteiger partial charge on any atom is 0.106 e. The van der Waals surface area contributed by atoms with Gasteiger partial charge in [-0.05, 0) is 56.8 Å². The highest BCUT2D eigenvalue weighted by molar-refractivity contribution is 7.10. The molecule has 2 nitrogen and oxygen atoms in total. The Bertz CT molecular complexity index is 390. The van der Waals surface area contributed by atoms with Gasteiger partial charge < -0.3 is 10.1 Å². The minimum absolute atomic E-state index is 0.00852. The van der Waals surface area contributed by atoms with E-state index in [1.54, 1.807) is 0 Å². The monoisotopic (exact) mass is 237 g/mol. The summed E-state index contributed by atoms with van der Waals surface area (Å²) in [4.78, 5) is 1.49. The molecule has 1 N–H and O–H groups in total. The van der Waals surface area contributed by atoms with Crippen LogP contribution in [0.5, 0.6) is 0 Å². The van der Waals surface area contributed by atoms with Gasteiger partial charge in [0.2, 0.25) is 0 Å². The summed E-state index contributed by atoms with van der Waals surface area (Å²) in [7, 11) is 0. The van der Waals surface area contributed by atoms with Crippen LogP contribution < -0.4 is 5.32 Å². The van der Waals surface area contributed by atoms with Crippen LogP contribution in [0.1, 0.15) is 37.1 Å². The predicted octanol–water partition coefficient (Wildman–Crippen LogP) is 2.68. The smallest absolute Gasteiger partial charge is 0.106 e. The molecular weight excluding hydrogens is 218 g/mol. The van der Waals surface area contributed by atoms with E-state index in [0.717, 1.165) is 32.4 Å². The Balaban J connectivity index is 2.05. The molecule has 2 aliphatic heterocycles. The summed E-state index contributed by atoms with van der Waals surface area (Å²) in [5, 5.41) is 5.65. The highest BCUT2D eigenvalue weighted by Crippen LogP contribution is 2.47. The Hall–Kier alpha value is -0.380. The number of hydrogen-bond donors (Lipinski definition) is 1. The fourth-order valence-electron chi connectivity index (χ4n) is 3.10. The summed E-state index contributed by atoms with van der Waals surface area (Å²) in [5.41, 5.74) is 1.52. The third-order valence-corrected chi connectivity index (χ3v) is 4.80. The second kappa shape index (κ2) is 3.56. The molecule has 0 radical (unpaired) electrons. The van der Waals surface area contributed by atoms with E-state index in [9.17, 15) is 0 Å². The zero-order valence-corrected chi connectivity index (χ0v) is 10.8. The predicted molar refractivity (Wildman–Crippen MR) is 67.0 cm³/mol. The number of fused-ring (bicyclic) bond motifs is 2. The second-order valence-electron chi connectivity index (χ2n) is 5.56. The van der Waals surface area contributed by atoms with Crippen LogP contribution in [0, 0.1) is 0 Å². The first-order chi connectivity index (χ1) is 7.61. The van der Waals surface area contributed by atoms with Crippen molar-refractivity contribution in [3.8, 4) is 0 Å². The minimum atomic E-state index is -0.00852. The quantitative estimate of drug-likeness (QED) is 0.749. The second-order valence-corrected chi connectivity index (χ2v) is 6.47. The molecule has 0 atom stereocenters. The van der Waals surface area contributed by atoms with Crippen molar-refractivity contribution in [3.05, 3.63) is 21.9 Å². The van der Waals surface area contributed by atoms with Gasteiger partial charge in [0.15, 0.2) is 0 Å². The largest absolute Gasteiger partial charge is 0.363 e. The van der Waals surface area contributed by atoms with Crippen LogP contribution in [0.15, 0.2) is 11.4 Å². The van der Waals surface area contributed by atoms with Crippen molar-refractivity contribution in [2.45, 2.75) is 44.3 Å². The molecule has 1 saturated heterocycles. The summed E-state index contributed by atoms with van der Waals surface area (Å²) in [6.45, 7) is 6.59. The molecule has 88 valence electrons. The zero-order chi connectivity index (χ0) is 11.2. The number of thiophene rings is 1. The normalized spacial score (nSPS) is 26.6. The molecule has 3 rings (SSSR count). The molecule has 0 saturated carbocycles. The average Bonchev–Trinajstić information content (AvgIpc) is 2.65. The summed E-state index contributed by atoms with van der Waals surface area (Å²) in [6, 6.07) is 2.29. The Morgan fingerprint density at radius 2 is 2.06 bits per heavy atom. The Morgan fingerprint density at radius 1 is 1.31 bits per heavy atom. The van der Waals surface area contributed by atoms with Gasteiger partial charge >= 0.3 is 0 Å². The summed E-state index contributed by atoms with van der Waals surface area (Å²) in [5.74, 6) is 0. The lowest BCUT2D eigenvalue weighted by molar-refractivity contribution is -0.167. The number of nitrogens with one attached hydrogen (secondary N) is 1. The van der Waals surface area contributed by atoms with Crippen LogP contribution in [0.3, 0.4) is 0 Å². The molecule has 16 heavy (non-hydrogen) atoms. The van der Waals surface area contributed by atoms with Crippen molar-refractivity contribution in [2.24, 2.45) is 0 Å². The summed E-state index contributed by atoms with van der Waals surface area (Å²) >= 11 is 1.88. The highest BCUT2D eigenvalue weighted by atomic mass is 32.1. The van der Waals surface area contributed by atoms with Gasteiger partial charge in [0.25, 0.3) is 0 Å². The molecule has 0 aliphatic carbocycles. The van der Waals surface area contributed by atoms with Crippen molar-refractivity contribution < 1.29 is 4.74 Å². The SMILES string of the molecule is CC1(C)Cc2ccsc2C2(CCNCC2)O1. The van der Waals surface area contributed by atoms with Gasteiger partial charge in [-0.25, -0.2) is 0 Å². The molecule has 1 aromatic heterocycles. The van der Waals surface area contributed by atoms with Gasteiger partial charge in [-0.3, -0.25) is 0 Å². The van der Waals surface area contributed by atoms with Gasteiger partial charge in [0, 0.05) is 11.3 Å². The van der Waals surface area contributed by atoms with E-state index in [0.29, 0.717) is 0 Å². The van der Waals surface area contributed by atoms with E-state index >= 15 is 0 Å². The Labute approximate surface area is 101 Å². The third-order valence-electron chi connectivity index (χ3n) is 3.66. The Morgan fingerprint density at radius 3 is 2.81 bits per heavy atom. The summed E-state index contributed by atoms with van der Waals surface area (Å²) in [6.07, 6.45) is 3.29. The van der Waals surface area contributed by atoms with E-state index in [1.165, 1.54) is 10.4 Å². The molecule has 0 aromatic carbocycles. The van der Waals surface area contributed by atoms with E-state index < -0.39 is 0 Å². The van der Waals surface area contributed by atoms with Crippen LogP contribution in [-0.2, 0) is 16.8 Å². The van der Waals surface area contributed by atoms with Gasteiger partial charge in [0.1, 0.15) is 5.60 Å². The standard InChI is InChI=1S/C13H19NOS/c1-12(2)9-10-3-8-16-11(10)13(15-12)4-6-14-7-5-13/h3,8,14H,4-7,9H2,1-2H3. The first-order valence-electron chi connectivity index (χ1n) is 6.09. The molecule has 0 amide bonds. The van der Waals surface area contributed by atoms with Gasteiger partial charge in [0.05, 0.1) is 5.60 Å². The van der Waals surface area contributed by atoms with Crippen LogP contribution in [-0.4, -0.2) is 18.7 Å². The van der Waals surface area contributed by atoms with E-state index in [1.807, 2.05) is 11.3 Å². The maximum atomic E-state index is 6.46. The van der Waals surface area contributed by atoms with E-state index in [2.05, 4.69) is 30.6 Å². The van der Waals surface area contributed by atoms with Crippen molar-refractivity contribution in [3.63, 3.8) is 0 Å². The highest BCUT2D eigenvalue weighted by Gasteiger charge is 2.45. The fraction of sp³-hybridized carbons (Fsp3) is 0.692. The fourth-order valence-corrected chi connectivity index (χ4v) is 4.23. The number of piperidine rings is 1. The van der Waals surface area contributed by atoms with Crippen molar-refractivity contribution in [1.29, 1.82) is 0 Å². The number of hydrogen-bond acceptors (Lipinski definition) is 3. The first-order valence-corrected chi connectivity index (χ1v) is 6.97. The Kier molecular flexibility index (Phi) is 2.39. The molecule has 1 spiro atoms. The number of ether oxygens (including phenoxy) is 1. The molecule has 0 bridgehead atoms. The lowest BCUT2D eigenvalue weighted by atomic mass is 9.81. The number of rotatable bonds is 0. The van der Waals surface area contributed by atoms with Gasteiger partial charge in [-0.15, -0.1) is 11.3 Å². The minimum Gasteiger partial charge on any atom is -0.363 e. The molecule has 1 fully saturated rings. The third kappa shape index (κ3) is 1.62. The molecule has 2 aliphatic rings. The van der Waals surface area contributed by atoms with E-state index in [-0.39, 0.29) is 11.2 Å². The average molecular weight is 237 g/mol. The topological polar surface area (TPSA) is 21.3 Å².